The van der Waals surface area contributed by atoms with Crippen LogP contribution in [0.15, 0.2) is 84.9 Å². The molecule has 2 atom stereocenters. The monoisotopic (exact) mass is 610 g/mol. The molecule has 4 rings (SSSR count). The Bertz CT molecular complexity index is 1450. The Kier molecular flexibility index (Phi) is 11.8. The van der Waals surface area contributed by atoms with Gasteiger partial charge < -0.3 is 20.8 Å². The summed E-state index contributed by atoms with van der Waals surface area (Å²) in [6.45, 7) is 8.09. The van der Waals surface area contributed by atoms with E-state index in [0.29, 0.717) is 25.7 Å². The number of fused-ring (bicyclic) bond motifs is 2. The van der Waals surface area contributed by atoms with Gasteiger partial charge >= 0.3 is 0 Å². The molecule has 0 spiro atoms. The molecule has 240 valence electrons. The number of benzene rings is 4. The number of hydrogen-bond donors (Lipinski definition) is 4. The number of rotatable bonds is 16. The highest BCUT2D eigenvalue weighted by atomic mass is 16.3. The fraction of sp³-hybridized carbons (Fsp3) is 0.436. The third-order valence-electron chi connectivity index (χ3n) is 8.95. The van der Waals surface area contributed by atoms with Crippen molar-refractivity contribution >= 4 is 33.4 Å². The van der Waals surface area contributed by atoms with Crippen LogP contribution in [-0.2, 0) is 9.59 Å². The van der Waals surface area contributed by atoms with Gasteiger partial charge in [-0.3, -0.25) is 9.59 Å². The number of carbonyl (C=O) groups excluding carboxylic acids is 2. The Morgan fingerprint density at radius 1 is 0.556 bits per heavy atom. The SMILES string of the molecule is CCCC(O)(CCC)[C@H](NC(=O)CC(=O)N[C@H](c1ccc2ccccc2c1)C(O)(CCC)CCC)c1ccc2ccccc2c1. The molecule has 0 bridgehead atoms. The molecule has 2 amide bonds. The van der Waals surface area contributed by atoms with Gasteiger partial charge in [0.1, 0.15) is 6.42 Å². The first-order chi connectivity index (χ1) is 21.7. The smallest absolute Gasteiger partial charge is 0.230 e. The summed E-state index contributed by atoms with van der Waals surface area (Å²) in [4.78, 5) is 27.2. The standard InChI is InChI=1S/C39H50N2O4/c1-5-21-38(44,22-6-2)36(32-19-17-28-13-9-11-15-30(28)25-32)40-34(42)27-35(43)41-37(39(45,23-7-3)24-8-4)33-20-18-29-14-10-12-16-31(29)26-33/h9-20,25-26,36-37,44-45H,5-8,21-24,27H2,1-4H3,(H,40,42)(H,41,43)/t36-,37-/m1/s1. The van der Waals surface area contributed by atoms with E-state index in [1.807, 2.05) is 113 Å². The molecule has 0 saturated heterocycles. The summed E-state index contributed by atoms with van der Waals surface area (Å²) >= 11 is 0. The lowest BCUT2D eigenvalue weighted by molar-refractivity contribution is -0.133. The van der Waals surface area contributed by atoms with E-state index in [0.717, 1.165) is 58.4 Å². The number of carbonyl (C=O) groups is 2. The molecule has 0 saturated carbocycles. The first-order valence-corrected chi connectivity index (χ1v) is 16.7. The van der Waals surface area contributed by atoms with Crippen LogP contribution in [0.5, 0.6) is 0 Å². The molecule has 4 aromatic carbocycles. The lowest BCUT2D eigenvalue weighted by atomic mass is 9.80. The molecule has 45 heavy (non-hydrogen) atoms. The van der Waals surface area contributed by atoms with Crippen LogP contribution < -0.4 is 10.6 Å². The quantitative estimate of drug-likeness (QED) is 0.0965. The van der Waals surface area contributed by atoms with E-state index in [2.05, 4.69) is 10.6 Å². The van der Waals surface area contributed by atoms with Crippen molar-refractivity contribution in [3.05, 3.63) is 96.1 Å². The maximum atomic E-state index is 13.6. The lowest BCUT2D eigenvalue weighted by Gasteiger charge is -2.38. The molecule has 0 aromatic heterocycles. The molecule has 0 heterocycles. The number of aliphatic hydroxyl groups is 2. The van der Waals surface area contributed by atoms with Crippen LogP contribution in [0.4, 0.5) is 0 Å². The molecule has 0 aliphatic carbocycles. The summed E-state index contributed by atoms with van der Waals surface area (Å²) in [5.74, 6) is -0.939. The summed E-state index contributed by atoms with van der Waals surface area (Å²) in [5.41, 5.74) is -0.732. The van der Waals surface area contributed by atoms with Crippen LogP contribution in [0.25, 0.3) is 21.5 Å². The van der Waals surface area contributed by atoms with Crippen molar-refractivity contribution in [3.8, 4) is 0 Å². The molecule has 0 unspecified atom stereocenters. The van der Waals surface area contributed by atoms with Gasteiger partial charge in [-0.2, -0.15) is 0 Å². The van der Waals surface area contributed by atoms with Crippen molar-refractivity contribution in [2.75, 3.05) is 0 Å². The predicted octanol–water partition coefficient (Wildman–Crippen LogP) is 8.06. The lowest BCUT2D eigenvalue weighted by Crippen LogP contribution is -2.49. The third kappa shape index (κ3) is 8.30. The van der Waals surface area contributed by atoms with Crippen LogP contribution in [0.2, 0.25) is 0 Å². The van der Waals surface area contributed by atoms with Crippen LogP contribution in [0.3, 0.4) is 0 Å². The maximum Gasteiger partial charge on any atom is 0.230 e. The van der Waals surface area contributed by atoms with Crippen molar-refractivity contribution < 1.29 is 19.8 Å². The van der Waals surface area contributed by atoms with Crippen molar-refractivity contribution in [1.82, 2.24) is 10.6 Å². The molecule has 6 heteroatoms. The third-order valence-corrected chi connectivity index (χ3v) is 8.95. The highest BCUT2D eigenvalue weighted by molar-refractivity contribution is 5.97. The number of amides is 2. The van der Waals surface area contributed by atoms with Crippen molar-refractivity contribution in [3.63, 3.8) is 0 Å². The Balaban J connectivity index is 1.62. The van der Waals surface area contributed by atoms with Crippen LogP contribution in [0, 0.1) is 0 Å². The van der Waals surface area contributed by atoms with Gasteiger partial charge in [-0.25, -0.2) is 0 Å². The van der Waals surface area contributed by atoms with Gasteiger partial charge in [0.15, 0.2) is 0 Å². The second-order valence-electron chi connectivity index (χ2n) is 12.6. The average molecular weight is 611 g/mol. The average Bonchev–Trinajstić information content (AvgIpc) is 3.02. The maximum absolute atomic E-state index is 13.6. The van der Waals surface area contributed by atoms with Crippen molar-refractivity contribution in [2.24, 2.45) is 0 Å². The fourth-order valence-corrected chi connectivity index (χ4v) is 6.96. The largest absolute Gasteiger partial charge is 0.387 e. The molecule has 0 fully saturated rings. The Hall–Kier alpha value is -3.74. The van der Waals surface area contributed by atoms with Gasteiger partial charge in [-0.1, -0.05) is 126 Å². The van der Waals surface area contributed by atoms with E-state index >= 15 is 0 Å². The number of hydrogen-bond acceptors (Lipinski definition) is 4. The normalized spacial score (nSPS) is 13.5. The van der Waals surface area contributed by atoms with Gasteiger partial charge in [0, 0.05) is 0 Å². The van der Waals surface area contributed by atoms with E-state index in [4.69, 9.17) is 0 Å². The minimum Gasteiger partial charge on any atom is -0.387 e. The topological polar surface area (TPSA) is 98.7 Å². The Morgan fingerprint density at radius 3 is 1.22 bits per heavy atom. The van der Waals surface area contributed by atoms with E-state index in [9.17, 15) is 19.8 Å². The molecular weight excluding hydrogens is 560 g/mol. The van der Waals surface area contributed by atoms with E-state index in [-0.39, 0.29) is 0 Å². The summed E-state index contributed by atoms with van der Waals surface area (Å²) in [6.07, 6.45) is 4.61. The van der Waals surface area contributed by atoms with Crippen molar-refractivity contribution in [2.45, 2.75) is 109 Å². The predicted molar refractivity (Wildman–Crippen MR) is 184 cm³/mol. The minimum atomic E-state index is -1.17. The fourth-order valence-electron chi connectivity index (χ4n) is 6.96. The van der Waals surface area contributed by atoms with Gasteiger partial charge in [-0.05, 0) is 70.5 Å². The highest BCUT2D eigenvalue weighted by Gasteiger charge is 2.39. The second-order valence-corrected chi connectivity index (χ2v) is 12.6. The van der Waals surface area contributed by atoms with Crippen LogP contribution >= 0.6 is 0 Å². The Labute approximate surface area is 268 Å². The van der Waals surface area contributed by atoms with E-state index in [1.54, 1.807) is 0 Å². The molecule has 6 nitrogen and oxygen atoms in total. The summed E-state index contributed by atoms with van der Waals surface area (Å²) in [6, 6.07) is 26.6. The molecule has 0 radical (unpaired) electrons. The van der Waals surface area contributed by atoms with Gasteiger partial charge in [0.05, 0.1) is 23.3 Å². The summed E-state index contributed by atoms with van der Waals surface area (Å²) in [5, 5.41) is 34.2. The molecule has 0 aliphatic heterocycles. The van der Waals surface area contributed by atoms with E-state index in [1.165, 1.54) is 0 Å². The Morgan fingerprint density at radius 2 is 0.889 bits per heavy atom. The first kappa shape index (κ1) is 34.1. The van der Waals surface area contributed by atoms with E-state index < -0.39 is 41.5 Å². The molecule has 4 N–H and O–H groups in total. The number of nitrogens with one attached hydrogen (secondary N) is 2. The summed E-state index contributed by atoms with van der Waals surface area (Å²) in [7, 11) is 0. The molecule has 0 aliphatic rings. The zero-order valence-electron chi connectivity index (χ0n) is 27.3. The van der Waals surface area contributed by atoms with Crippen LogP contribution in [0.1, 0.15) is 109 Å². The van der Waals surface area contributed by atoms with Crippen molar-refractivity contribution in [1.29, 1.82) is 0 Å². The second kappa shape index (κ2) is 15.5. The first-order valence-electron chi connectivity index (χ1n) is 16.7. The van der Waals surface area contributed by atoms with Gasteiger partial charge in [0.2, 0.25) is 11.8 Å². The zero-order chi connectivity index (χ0) is 32.5. The van der Waals surface area contributed by atoms with Gasteiger partial charge in [0.25, 0.3) is 0 Å². The molecule has 4 aromatic rings. The minimum absolute atomic E-state index is 0.420. The molecular formula is C39H50N2O4. The zero-order valence-corrected chi connectivity index (χ0v) is 27.3. The van der Waals surface area contributed by atoms with Gasteiger partial charge in [-0.15, -0.1) is 0 Å². The highest BCUT2D eigenvalue weighted by Crippen LogP contribution is 2.37. The van der Waals surface area contributed by atoms with Crippen LogP contribution in [-0.4, -0.2) is 33.2 Å². The summed E-state index contributed by atoms with van der Waals surface area (Å²) < 4.78 is 0.